The fourth-order valence-corrected chi connectivity index (χ4v) is 6.34. The van der Waals surface area contributed by atoms with Gasteiger partial charge in [-0.1, -0.05) is 6.92 Å². The highest BCUT2D eigenvalue weighted by molar-refractivity contribution is 7.17. The maximum absolute atomic E-state index is 13.4. The van der Waals surface area contributed by atoms with Gasteiger partial charge in [0.15, 0.2) is 0 Å². The molecule has 3 heterocycles. The van der Waals surface area contributed by atoms with Crippen LogP contribution >= 0.6 is 11.3 Å². The summed E-state index contributed by atoms with van der Waals surface area (Å²) in [6, 6.07) is 1.30. The zero-order valence-electron chi connectivity index (χ0n) is 21.6. The minimum Gasteiger partial charge on any atom is -0.415 e. The van der Waals surface area contributed by atoms with Crippen LogP contribution in [0.3, 0.4) is 0 Å². The minimum atomic E-state index is -2.98. The maximum atomic E-state index is 13.4. The molecule has 3 aromatic heterocycles. The molecule has 0 bridgehead atoms. The standard InChI is InChI=1S/C25H30F2N8O3S/c1-12-7-15(12)21(36)31-23-20(22(37)28-10-13-3-4-13)16-8-14(5-6-17(16)39-23)35-11-29-32-25(35)30-18-9-19(33-34(18)2)38-24(26)27/h9,11-15,24H,3-8,10H2,1-2H3,(H,28,37)(H,30,32)(H,31,36)/t12-,14?,15-/m0/s1. The highest BCUT2D eigenvalue weighted by Crippen LogP contribution is 2.44. The van der Waals surface area contributed by atoms with Gasteiger partial charge in [0.1, 0.15) is 17.1 Å². The van der Waals surface area contributed by atoms with Crippen LogP contribution in [-0.2, 0) is 24.7 Å². The number of hydrogen-bond acceptors (Lipinski definition) is 8. The monoisotopic (exact) mass is 560 g/mol. The third-order valence-corrected chi connectivity index (χ3v) is 8.87. The lowest BCUT2D eigenvalue weighted by molar-refractivity contribution is -0.117. The van der Waals surface area contributed by atoms with Crippen molar-refractivity contribution in [3.63, 3.8) is 0 Å². The van der Waals surface area contributed by atoms with E-state index in [0.717, 1.165) is 42.5 Å². The number of carbonyl (C=O) groups excluding carboxylic acids is 2. The molecule has 6 rings (SSSR count). The van der Waals surface area contributed by atoms with Crippen LogP contribution in [0.2, 0.25) is 0 Å². The normalized spacial score (nSPS) is 21.9. The summed E-state index contributed by atoms with van der Waals surface area (Å²) < 4.78 is 32.9. The van der Waals surface area contributed by atoms with Crippen LogP contribution in [0.4, 0.5) is 25.5 Å². The van der Waals surface area contributed by atoms with Gasteiger partial charge in [-0.25, -0.2) is 4.68 Å². The molecule has 14 heteroatoms. The molecular formula is C25H30F2N8O3S. The number of carbonyl (C=O) groups is 2. The van der Waals surface area contributed by atoms with Crippen LogP contribution in [0.15, 0.2) is 12.4 Å². The zero-order valence-corrected chi connectivity index (χ0v) is 22.4. The first-order valence-electron chi connectivity index (χ1n) is 13.2. The molecule has 0 saturated heterocycles. The Balaban J connectivity index is 1.24. The summed E-state index contributed by atoms with van der Waals surface area (Å²) in [5, 5.41) is 22.0. The quantitative estimate of drug-likeness (QED) is 0.343. The molecule has 0 spiro atoms. The Morgan fingerprint density at radius 2 is 2.08 bits per heavy atom. The van der Waals surface area contributed by atoms with Crippen LogP contribution in [0.1, 0.15) is 59.4 Å². The number of nitrogens with one attached hydrogen (secondary N) is 3. The van der Waals surface area contributed by atoms with Crippen molar-refractivity contribution < 1.29 is 23.1 Å². The molecule has 208 valence electrons. The smallest absolute Gasteiger partial charge is 0.388 e. The Morgan fingerprint density at radius 1 is 1.28 bits per heavy atom. The van der Waals surface area contributed by atoms with E-state index in [1.807, 2.05) is 4.57 Å². The molecule has 3 atom stereocenters. The predicted molar refractivity (Wildman–Crippen MR) is 139 cm³/mol. The Bertz CT molecular complexity index is 1400. The fraction of sp³-hybridized carbons (Fsp3) is 0.560. The van der Waals surface area contributed by atoms with Gasteiger partial charge < -0.3 is 20.7 Å². The van der Waals surface area contributed by atoms with Crippen molar-refractivity contribution in [1.82, 2.24) is 29.9 Å². The van der Waals surface area contributed by atoms with Crippen LogP contribution in [0.5, 0.6) is 5.88 Å². The number of fused-ring (bicyclic) bond motifs is 1. The van der Waals surface area contributed by atoms with Gasteiger partial charge in [0.25, 0.3) is 5.91 Å². The minimum absolute atomic E-state index is 0.00326. The molecule has 39 heavy (non-hydrogen) atoms. The summed E-state index contributed by atoms with van der Waals surface area (Å²) in [7, 11) is 1.60. The zero-order chi connectivity index (χ0) is 27.3. The highest BCUT2D eigenvalue weighted by Gasteiger charge is 2.40. The molecule has 0 radical (unpaired) electrons. The van der Waals surface area contributed by atoms with Crippen molar-refractivity contribution in [2.75, 3.05) is 17.2 Å². The van der Waals surface area contributed by atoms with Crippen molar-refractivity contribution in [3.05, 3.63) is 28.4 Å². The van der Waals surface area contributed by atoms with E-state index < -0.39 is 6.61 Å². The number of nitrogens with zero attached hydrogens (tertiary/aromatic N) is 5. The van der Waals surface area contributed by atoms with Crippen LogP contribution in [0, 0.1) is 17.8 Å². The summed E-state index contributed by atoms with van der Waals surface area (Å²) in [6.45, 7) is -0.279. The lowest BCUT2D eigenvalue weighted by Gasteiger charge is -2.25. The highest BCUT2D eigenvalue weighted by atomic mass is 32.1. The number of aromatic nitrogens is 5. The van der Waals surface area contributed by atoms with E-state index >= 15 is 0 Å². The first-order valence-corrected chi connectivity index (χ1v) is 14.0. The van der Waals surface area contributed by atoms with Crippen LogP contribution in [-0.4, -0.2) is 49.5 Å². The van der Waals surface area contributed by atoms with E-state index in [9.17, 15) is 18.4 Å². The average Bonchev–Trinajstić information content (AvgIpc) is 3.73. The number of alkyl halides is 2. The molecule has 0 aromatic carbocycles. The van der Waals surface area contributed by atoms with Gasteiger partial charge in [0, 0.05) is 36.5 Å². The van der Waals surface area contributed by atoms with Crippen molar-refractivity contribution in [2.45, 2.75) is 58.1 Å². The van der Waals surface area contributed by atoms with Gasteiger partial charge in [0.2, 0.25) is 17.7 Å². The molecule has 1 unspecified atom stereocenters. The molecule has 11 nitrogen and oxygen atoms in total. The summed E-state index contributed by atoms with van der Waals surface area (Å²) in [5.41, 5.74) is 1.50. The summed E-state index contributed by atoms with van der Waals surface area (Å²) in [6.07, 6.45) is 6.82. The maximum Gasteiger partial charge on any atom is 0.388 e. The second-order valence-electron chi connectivity index (χ2n) is 10.6. The summed E-state index contributed by atoms with van der Waals surface area (Å²) in [4.78, 5) is 27.3. The third-order valence-electron chi connectivity index (χ3n) is 7.67. The first-order chi connectivity index (χ1) is 18.8. The van der Waals surface area contributed by atoms with E-state index in [1.54, 1.807) is 13.4 Å². The number of hydrogen-bond donors (Lipinski definition) is 3. The molecule has 2 amide bonds. The molecule has 3 aliphatic carbocycles. The topological polar surface area (TPSA) is 128 Å². The van der Waals surface area contributed by atoms with Crippen molar-refractivity contribution in [2.24, 2.45) is 24.8 Å². The number of amides is 2. The lowest BCUT2D eigenvalue weighted by atomic mass is 9.91. The largest absolute Gasteiger partial charge is 0.415 e. The van der Waals surface area contributed by atoms with Crippen molar-refractivity contribution in [3.8, 4) is 5.88 Å². The number of ether oxygens (including phenoxy) is 1. The summed E-state index contributed by atoms with van der Waals surface area (Å²) >= 11 is 1.49. The van der Waals surface area contributed by atoms with E-state index in [-0.39, 0.29) is 29.7 Å². The predicted octanol–water partition coefficient (Wildman–Crippen LogP) is 3.88. The van der Waals surface area contributed by atoms with E-state index in [1.165, 1.54) is 22.1 Å². The molecule has 3 N–H and O–H groups in total. The van der Waals surface area contributed by atoms with Crippen molar-refractivity contribution in [1.29, 1.82) is 0 Å². The second kappa shape index (κ2) is 10.2. The van der Waals surface area contributed by atoms with Gasteiger partial charge >= 0.3 is 6.61 Å². The Hall–Kier alpha value is -3.55. The van der Waals surface area contributed by atoms with Crippen LogP contribution < -0.4 is 20.7 Å². The fourth-order valence-electron chi connectivity index (χ4n) is 5.09. The van der Waals surface area contributed by atoms with Crippen molar-refractivity contribution >= 4 is 39.9 Å². The van der Waals surface area contributed by atoms with E-state index in [4.69, 9.17) is 0 Å². The van der Waals surface area contributed by atoms with Gasteiger partial charge in [-0.3, -0.25) is 14.2 Å². The van der Waals surface area contributed by atoms with Gasteiger partial charge in [-0.15, -0.1) is 26.6 Å². The number of rotatable bonds is 10. The molecule has 2 saturated carbocycles. The Morgan fingerprint density at radius 3 is 2.79 bits per heavy atom. The van der Waals surface area contributed by atoms with Gasteiger partial charge in [-0.05, 0) is 55.9 Å². The number of aryl methyl sites for hydroxylation is 2. The molecule has 0 aliphatic heterocycles. The van der Waals surface area contributed by atoms with Gasteiger partial charge in [0.05, 0.1) is 5.56 Å². The van der Waals surface area contributed by atoms with E-state index in [0.29, 0.717) is 47.1 Å². The number of anilines is 3. The lowest BCUT2D eigenvalue weighted by Crippen LogP contribution is -2.28. The molecule has 3 aromatic rings. The number of thiophene rings is 1. The van der Waals surface area contributed by atoms with Crippen LogP contribution in [0.25, 0.3) is 0 Å². The molecular weight excluding hydrogens is 530 g/mol. The third kappa shape index (κ3) is 5.47. The van der Waals surface area contributed by atoms with E-state index in [2.05, 4.69) is 42.9 Å². The summed E-state index contributed by atoms with van der Waals surface area (Å²) in [5.74, 6) is 1.35. The Labute approximate surface area is 227 Å². The number of halogens is 2. The molecule has 3 aliphatic rings. The average molecular weight is 561 g/mol. The molecule has 2 fully saturated rings. The second-order valence-corrected chi connectivity index (χ2v) is 11.7. The Kier molecular flexibility index (Phi) is 6.73. The van der Waals surface area contributed by atoms with Gasteiger partial charge in [-0.2, -0.15) is 8.78 Å². The SMILES string of the molecule is C[C@H]1C[C@@H]1C(=O)Nc1sc2c(c1C(=O)NCC1CC1)CC(n1cnnc1Nc1cc(OC(F)F)nn1C)CC2. The first kappa shape index (κ1) is 25.7.